The van der Waals surface area contributed by atoms with E-state index in [-0.39, 0.29) is 0 Å². The van der Waals surface area contributed by atoms with Crippen LogP contribution in [-0.4, -0.2) is 6.54 Å². The van der Waals surface area contributed by atoms with Gasteiger partial charge in [0, 0.05) is 0 Å². The molecule has 1 aromatic carbocycles. The minimum atomic E-state index is 0.744. The van der Waals surface area contributed by atoms with Gasteiger partial charge in [0.25, 0.3) is 0 Å². The van der Waals surface area contributed by atoms with Gasteiger partial charge in [-0.1, -0.05) is 25.1 Å². The normalized spacial score (nSPS) is 10.2. The van der Waals surface area contributed by atoms with Crippen molar-refractivity contribution < 1.29 is 0 Å². The second kappa shape index (κ2) is 4.27. The SMILES string of the molecule is CCc1ccc(C)c(CCN)c1. The molecule has 1 rings (SSSR count). The van der Waals surface area contributed by atoms with Crippen molar-refractivity contribution >= 4 is 0 Å². The van der Waals surface area contributed by atoms with Gasteiger partial charge in [-0.05, 0) is 43.0 Å². The fraction of sp³-hybridized carbons (Fsp3) is 0.455. The summed E-state index contributed by atoms with van der Waals surface area (Å²) in [5.74, 6) is 0. The number of aryl methyl sites for hydroxylation is 2. The van der Waals surface area contributed by atoms with Crippen molar-refractivity contribution in [2.24, 2.45) is 5.73 Å². The molecule has 0 aliphatic carbocycles. The maximum absolute atomic E-state index is 5.52. The van der Waals surface area contributed by atoms with Crippen LogP contribution in [0.4, 0.5) is 0 Å². The number of hydrogen-bond donors (Lipinski definition) is 1. The Labute approximate surface area is 74.6 Å². The second-order valence-electron chi connectivity index (χ2n) is 3.15. The van der Waals surface area contributed by atoms with Crippen molar-refractivity contribution in [3.05, 3.63) is 34.9 Å². The van der Waals surface area contributed by atoms with Crippen molar-refractivity contribution in [1.29, 1.82) is 0 Å². The van der Waals surface area contributed by atoms with Crippen LogP contribution in [0.3, 0.4) is 0 Å². The van der Waals surface area contributed by atoms with Crippen molar-refractivity contribution in [2.75, 3.05) is 6.54 Å². The van der Waals surface area contributed by atoms with Crippen LogP contribution in [0.2, 0.25) is 0 Å². The molecule has 0 heterocycles. The molecule has 0 fully saturated rings. The Bertz CT molecular complexity index is 253. The van der Waals surface area contributed by atoms with Crippen molar-refractivity contribution in [3.63, 3.8) is 0 Å². The number of nitrogens with two attached hydrogens (primary N) is 1. The van der Waals surface area contributed by atoms with Gasteiger partial charge < -0.3 is 5.73 Å². The van der Waals surface area contributed by atoms with E-state index in [1.807, 2.05) is 0 Å². The molecule has 1 heteroatoms. The summed E-state index contributed by atoms with van der Waals surface area (Å²) >= 11 is 0. The molecule has 0 saturated carbocycles. The van der Waals surface area contributed by atoms with Gasteiger partial charge in [0.2, 0.25) is 0 Å². The molecule has 0 aromatic heterocycles. The van der Waals surface area contributed by atoms with E-state index < -0.39 is 0 Å². The Hall–Kier alpha value is -0.820. The third-order valence-electron chi connectivity index (χ3n) is 2.24. The topological polar surface area (TPSA) is 26.0 Å². The van der Waals surface area contributed by atoms with Crippen LogP contribution >= 0.6 is 0 Å². The van der Waals surface area contributed by atoms with E-state index in [2.05, 4.69) is 32.0 Å². The highest BCUT2D eigenvalue weighted by atomic mass is 14.5. The summed E-state index contributed by atoms with van der Waals surface area (Å²) in [4.78, 5) is 0. The van der Waals surface area contributed by atoms with Crippen LogP contribution in [0, 0.1) is 6.92 Å². The summed E-state index contributed by atoms with van der Waals surface area (Å²) in [5, 5.41) is 0. The zero-order valence-corrected chi connectivity index (χ0v) is 7.93. The van der Waals surface area contributed by atoms with Gasteiger partial charge in [0.1, 0.15) is 0 Å². The van der Waals surface area contributed by atoms with E-state index in [1.165, 1.54) is 16.7 Å². The lowest BCUT2D eigenvalue weighted by atomic mass is 10.0. The van der Waals surface area contributed by atoms with E-state index in [0.717, 1.165) is 19.4 Å². The molecule has 0 atom stereocenters. The lowest BCUT2D eigenvalue weighted by molar-refractivity contribution is 0.950. The summed E-state index contributed by atoms with van der Waals surface area (Å²) in [5.41, 5.74) is 9.69. The monoisotopic (exact) mass is 163 g/mol. The summed E-state index contributed by atoms with van der Waals surface area (Å²) in [6.07, 6.45) is 2.11. The maximum atomic E-state index is 5.52. The molecule has 0 unspecified atom stereocenters. The van der Waals surface area contributed by atoms with Crippen molar-refractivity contribution in [3.8, 4) is 0 Å². The molecule has 0 spiro atoms. The average molecular weight is 163 g/mol. The molecule has 12 heavy (non-hydrogen) atoms. The molecule has 0 bridgehead atoms. The maximum Gasteiger partial charge on any atom is -0.00366 e. The van der Waals surface area contributed by atoms with E-state index in [0.29, 0.717) is 0 Å². The molecule has 0 saturated heterocycles. The Morgan fingerprint density at radius 1 is 1.33 bits per heavy atom. The van der Waals surface area contributed by atoms with Crippen molar-refractivity contribution in [1.82, 2.24) is 0 Å². The molecule has 0 radical (unpaired) electrons. The van der Waals surface area contributed by atoms with Gasteiger partial charge in [-0.2, -0.15) is 0 Å². The minimum absolute atomic E-state index is 0.744. The fourth-order valence-electron chi connectivity index (χ4n) is 1.37. The summed E-state index contributed by atoms with van der Waals surface area (Å²) in [6, 6.07) is 6.64. The first-order valence-electron chi connectivity index (χ1n) is 4.56. The molecule has 1 aromatic rings. The van der Waals surface area contributed by atoms with E-state index in [1.54, 1.807) is 0 Å². The zero-order valence-electron chi connectivity index (χ0n) is 7.93. The lowest BCUT2D eigenvalue weighted by Crippen LogP contribution is -2.04. The van der Waals surface area contributed by atoms with E-state index >= 15 is 0 Å². The third kappa shape index (κ3) is 2.08. The first-order valence-corrected chi connectivity index (χ1v) is 4.56. The van der Waals surface area contributed by atoms with E-state index in [4.69, 9.17) is 5.73 Å². The summed E-state index contributed by atoms with van der Waals surface area (Å²) in [7, 11) is 0. The van der Waals surface area contributed by atoms with Crippen LogP contribution in [0.5, 0.6) is 0 Å². The first-order chi connectivity index (χ1) is 5.77. The Morgan fingerprint density at radius 3 is 2.67 bits per heavy atom. The largest absolute Gasteiger partial charge is 0.330 e. The fourth-order valence-corrected chi connectivity index (χ4v) is 1.37. The van der Waals surface area contributed by atoms with Crippen LogP contribution in [0.1, 0.15) is 23.6 Å². The second-order valence-corrected chi connectivity index (χ2v) is 3.15. The molecular weight excluding hydrogens is 146 g/mol. The van der Waals surface area contributed by atoms with Gasteiger partial charge in [-0.15, -0.1) is 0 Å². The minimum Gasteiger partial charge on any atom is -0.330 e. The molecule has 66 valence electrons. The summed E-state index contributed by atoms with van der Waals surface area (Å²) < 4.78 is 0. The van der Waals surface area contributed by atoms with Crippen LogP contribution in [0.25, 0.3) is 0 Å². The van der Waals surface area contributed by atoms with Crippen LogP contribution in [0.15, 0.2) is 18.2 Å². The smallest absolute Gasteiger partial charge is 0.00366 e. The van der Waals surface area contributed by atoms with Gasteiger partial charge in [0.05, 0.1) is 0 Å². The Kier molecular flexibility index (Phi) is 3.30. The van der Waals surface area contributed by atoms with Gasteiger partial charge in [-0.25, -0.2) is 0 Å². The highest BCUT2D eigenvalue weighted by Crippen LogP contribution is 2.11. The van der Waals surface area contributed by atoms with Gasteiger partial charge in [-0.3, -0.25) is 0 Å². The predicted octanol–water partition coefficient (Wildman–Crippen LogP) is 2.06. The third-order valence-corrected chi connectivity index (χ3v) is 2.24. The Morgan fingerprint density at radius 2 is 2.08 bits per heavy atom. The molecule has 0 aliphatic rings. The average Bonchev–Trinajstić information content (AvgIpc) is 2.09. The number of benzene rings is 1. The molecule has 2 N–H and O–H groups in total. The van der Waals surface area contributed by atoms with Gasteiger partial charge in [0.15, 0.2) is 0 Å². The lowest BCUT2D eigenvalue weighted by Gasteiger charge is -2.06. The Balaban J connectivity index is 2.91. The van der Waals surface area contributed by atoms with E-state index in [9.17, 15) is 0 Å². The number of rotatable bonds is 3. The number of hydrogen-bond acceptors (Lipinski definition) is 1. The van der Waals surface area contributed by atoms with Crippen LogP contribution < -0.4 is 5.73 Å². The quantitative estimate of drug-likeness (QED) is 0.725. The standard InChI is InChI=1S/C11H17N/c1-3-10-5-4-9(2)11(8-10)6-7-12/h4-5,8H,3,6-7,12H2,1-2H3. The highest BCUT2D eigenvalue weighted by molar-refractivity contribution is 5.31. The molecule has 0 aliphatic heterocycles. The van der Waals surface area contributed by atoms with Crippen LogP contribution in [-0.2, 0) is 12.8 Å². The zero-order chi connectivity index (χ0) is 8.97. The summed E-state index contributed by atoms with van der Waals surface area (Å²) in [6.45, 7) is 5.06. The van der Waals surface area contributed by atoms with Crippen molar-refractivity contribution in [2.45, 2.75) is 26.7 Å². The van der Waals surface area contributed by atoms with Gasteiger partial charge >= 0.3 is 0 Å². The molecular formula is C11H17N. The highest BCUT2D eigenvalue weighted by Gasteiger charge is 1.97. The first kappa shape index (κ1) is 9.27. The predicted molar refractivity (Wildman–Crippen MR) is 53.3 cm³/mol. The molecule has 1 nitrogen and oxygen atoms in total. The molecule has 0 amide bonds.